The van der Waals surface area contributed by atoms with Crippen molar-refractivity contribution in [2.24, 2.45) is 0 Å². The summed E-state index contributed by atoms with van der Waals surface area (Å²) in [6.45, 7) is 4.69. The van der Waals surface area contributed by atoms with Gasteiger partial charge in [0.25, 0.3) is 5.91 Å². The fraction of sp³-hybridized carbons (Fsp3) is 0.400. The Morgan fingerprint density at radius 2 is 1.71 bits per heavy atom. The van der Waals surface area contributed by atoms with Crippen molar-refractivity contribution in [2.75, 3.05) is 6.61 Å². The molecule has 0 aliphatic heterocycles. The molecule has 0 fully saturated rings. The van der Waals surface area contributed by atoms with Crippen molar-refractivity contribution in [1.82, 2.24) is 14.8 Å². The van der Waals surface area contributed by atoms with Crippen LogP contribution in [0, 0.1) is 5.82 Å². The minimum atomic E-state index is -0.466. The van der Waals surface area contributed by atoms with Gasteiger partial charge in [-0.1, -0.05) is 63.8 Å². The van der Waals surface area contributed by atoms with E-state index >= 15 is 0 Å². The summed E-state index contributed by atoms with van der Waals surface area (Å²) in [5, 5.41) is 4.24. The van der Waals surface area contributed by atoms with Gasteiger partial charge in [-0.05, 0) is 49.1 Å². The Labute approximate surface area is 183 Å². The van der Waals surface area contributed by atoms with Crippen molar-refractivity contribution < 1.29 is 13.9 Å². The molecule has 1 heterocycles. The number of benzene rings is 2. The Morgan fingerprint density at radius 1 is 0.968 bits per heavy atom. The third kappa shape index (κ3) is 6.00. The zero-order chi connectivity index (χ0) is 22.1. The highest BCUT2D eigenvalue weighted by molar-refractivity contribution is 5.97. The normalized spacial score (nSPS) is 10.9. The second-order valence-corrected chi connectivity index (χ2v) is 7.62. The van der Waals surface area contributed by atoms with Crippen LogP contribution in [0.1, 0.15) is 68.3 Å². The first-order valence-electron chi connectivity index (χ1n) is 11.1. The lowest BCUT2D eigenvalue weighted by atomic mass is 10.0. The highest BCUT2D eigenvalue weighted by Gasteiger charge is 2.22. The number of ether oxygens (including phenoxy) is 1. The van der Waals surface area contributed by atoms with Crippen LogP contribution in [0.2, 0.25) is 0 Å². The first-order chi connectivity index (χ1) is 15.1. The molecule has 3 rings (SSSR count). The van der Waals surface area contributed by atoms with E-state index in [9.17, 15) is 9.18 Å². The van der Waals surface area contributed by atoms with Crippen LogP contribution >= 0.6 is 0 Å². The lowest BCUT2D eigenvalue weighted by Gasteiger charge is -2.07. The molecule has 0 spiro atoms. The van der Waals surface area contributed by atoms with Gasteiger partial charge in [-0.2, -0.15) is 9.67 Å². The molecule has 6 heteroatoms. The van der Waals surface area contributed by atoms with E-state index in [0.717, 1.165) is 30.4 Å². The molecule has 0 amide bonds. The number of halogens is 1. The van der Waals surface area contributed by atoms with Gasteiger partial charge in [0.2, 0.25) is 0 Å². The molecule has 0 aliphatic rings. The first-order valence-corrected chi connectivity index (χ1v) is 11.1. The molecule has 0 bridgehead atoms. The summed E-state index contributed by atoms with van der Waals surface area (Å²) >= 11 is 0. The highest BCUT2D eigenvalue weighted by Crippen LogP contribution is 2.24. The molecule has 1 aromatic heterocycles. The lowest BCUT2D eigenvalue weighted by molar-refractivity contribution is 0.0944. The maximum absolute atomic E-state index is 14.4. The molecule has 0 N–H and O–H groups in total. The molecule has 0 aliphatic carbocycles. The van der Waals surface area contributed by atoms with E-state index in [2.05, 4.69) is 23.9 Å². The number of hydrogen-bond donors (Lipinski definition) is 0. The van der Waals surface area contributed by atoms with Crippen molar-refractivity contribution in [3.05, 3.63) is 65.5 Å². The zero-order valence-corrected chi connectivity index (χ0v) is 18.3. The smallest absolute Gasteiger partial charge is 0.336 e. The maximum Gasteiger partial charge on any atom is 0.336 e. The van der Waals surface area contributed by atoms with Crippen molar-refractivity contribution in [3.63, 3.8) is 0 Å². The summed E-state index contributed by atoms with van der Waals surface area (Å²) in [4.78, 5) is 17.5. The fourth-order valence-corrected chi connectivity index (χ4v) is 3.31. The van der Waals surface area contributed by atoms with Crippen LogP contribution in [0.4, 0.5) is 4.39 Å². The Morgan fingerprint density at radius 3 is 2.42 bits per heavy atom. The monoisotopic (exact) mass is 423 g/mol. The van der Waals surface area contributed by atoms with E-state index in [0.29, 0.717) is 12.2 Å². The SMILES string of the molecule is CCCCCCc1ccc(C(=O)n2nc(OCCCC)nc2-c2ccccc2F)cc1. The average molecular weight is 424 g/mol. The van der Waals surface area contributed by atoms with E-state index in [1.165, 1.54) is 30.9 Å². The minimum Gasteiger partial charge on any atom is -0.462 e. The fourth-order valence-electron chi connectivity index (χ4n) is 3.31. The standard InChI is InChI=1S/C25H30FN3O2/c1-3-5-7-8-11-19-14-16-20(17-15-19)24(30)29-23(21-12-9-10-13-22(21)26)27-25(28-29)31-18-6-4-2/h9-10,12-17H,3-8,11,18H2,1-2H3. The van der Waals surface area contributed by atoms with Gasteiger partial charge in [-0.25, -0.2) is 4.39 Å². The van der Waals surface area contributed by atoms with E-state index in [4.69, 9.17) is 4.74 Å². The third-order valence-corrected chi connectivity index (χ3v) is 5.14. The number of aromatic nitrogens is 3. The molecular weight excluding hydrogens is 393 g/mol. The second-order valence-electron chi connectivity index (χ2n) is 7.62. The molecule has 2 aromatic carbocycles. The Hall–Kier alpha value is -3.02. The Bertz CT molecular complexity index is 983. The third-order valence-electron chi connectivity index (χ3n) is 5.14. The van der Waals surface area contributed by atoms with Gasteiger partial charge in [0.05, 0.1) is 12.2 Å². The molecule has 3 aromatic rings. The second kappa shape index (κ2) is 11.4. The van der Waals surface area contributed by atoms with E-state index in [-0.39, 0.29) is 23.3 Å². The summed E-state index contributed by atoms with van der Waals surface area (Å²) in [5.74, 6) is -0.696. The summed E-state index contributed by atoms with van der Waals surface area (Å²) in [5.41, 5.74) is 1.88. The summed E-state index contributed by atoms with van der Waals surface area (Å²) in [6, 6.07) is 13.8. The Balaban J connectivity index is 1.84. The van der Waals surface area contributed by atoms with E-state index < -0.39 is 5.82 Å². The quantitative estimate of drug-likeness (QED) is 0.351. The van der Waals surface area contributed by atoms with Gasteiger partial charge in [-0.3, -0.25) is 4.79 Å². The van der Waals surface area contributed by atoms with Crippen molar-refractivity contribution in [2.45, 2.75) is 58.8 Å². The van der Waals surface area contributed by atoms with Gasteiger partial charge < -0.3 is 4.74 Å². The van der Waals surface area contributed by atoms with Gasteiger partial charge in [0.1, 0.15) is 5.82 Å². The van der Waals surface area contributed by atoms with Gasteiger partial charge in [-0.15, -0.1) is 5.10 Å². The number of aryl methyl sites for hydroxylation is 1. The van der Waals surface area contributed by atoms with Crippen LogP contribution in [0.3, 0.4) is 0 Å². The van der Waals surface area contributed by atoms with Crippen LogP contribution in [-0.4, -0.2) is 27.3 Å². The number of nitrogens with zero attached hydrogens (tertiary/aromatic N) is 3. The summed E-state index contributed by atoms with van der Waals surface area (Å²) < 4.78 is 21.1. The number of unbranched alkanes of at least 4 members (excludes halogenated alkanes) is 4. The number of rotatable bonds is 11. The molecule has 0 saturated heterocycles. The minimum absolute atomic E-state index is 0.0765. The van der Waals surface area contributed by atoms with Gasteiger partial charge in [0, 0.05) is 5.56 Å². The van der Waals surface area contributed by atoms with Crippen LogP contribution in [0.15, 0.2) is 48.5 Å². The number of carbonyl (C=O) groups is 1. The molecule has 5 nitrogen and oxygen atoms in total. The topological polar surface area (TPSA) is 57.0 Å². The molecule has 0 atom stereocenters. The maximum atomic E-state index is 14.4. The van der Waals surface area contributed by atoms with E-state index in [1.807, 2.05) is 12.1 Å². The van der Waals surface area contributed by atoms with E-state index in [1.54, 1.807) is 30.3 Å². The summed E-state index contributed by atoms with van der Waals surface area (Å²) in [6.07, 6.45) is 7.60. The predicted octanol–water partition coefficient (Wildman–Crippen LogP) is 6.07. The van der Waals surface area contributed by atoms with Crippen LogP contribution < -0.4 is 4.74 Å². The molecule has 0 saturated carbocycles. The van der Waals surface area contributed by atoms with Crippen molar-refractivity contribution >= 4 is 5.91 Å². The first kappa shape index (κ1) is 22.7. The molecular formula is C25H30FN3O2. The van der Waals surface area contributed by atoms with Gasteiger partial charge >= 0.3 is 6.01 Å². The van der Waals surface area contributed by atoms with Crippen LogP contribution in [-0.2, 0) is 6.42 Å². The molecule has 31 heavy (non-hydrogen) atoms. The van der Waals surface area contributed by atoms with Crippen molar-refractivity contribution in [1.29, 1.82) is 0 Å². The summed E-state index contributed by atoms with van der Waals surface area (Å²) in [7, 11) is 0. The Kier molecular flexibility index (Phi) is 8.33. The zero-order valence-electron chi connectivity index (χ0n) is 18.3. The average Bonchev–Trinajstić information content (AvgIpc) is 3.21. The predicted molar refractivity (Wildman–Crippen MR) is 120 cm³/mol. The lowest BCUT2D eigenvalue weighted by Crippen LogP contribution is -2.15. The molecule has 164 valence electrons. The largest absolute Gasteiger partial charge is 0.462 e. The van der Waals surface area contributed by atoms with Crippen LogP contribution in [0.5, 0.6) is 6.01 Å². The molecule has 0 unspecified atom stereocenters. The number of carbonyl (C=O) groups excluding carboxylic acids is 1. The van der Waals surface area contributed by atoms with Gasteiger partial charge in [0.15, 0.2) is 5.82 Å². The van der Waals surface area contributed by atoms with Crippen molar-refractivity contribution in [3.8, 4) is 17.4 Å². The van der Waals surface area contributed by atoms with Crippen LogP contribution in [0.25, 0.3) is 11.4 Å². The number of hydrogen-bond acceptors (Lipinski definition) is 4. The highest BCUT2D eigenvalue weighted by atomic mass is 19.1. The molecule has 0 radical (unpaired) electrons.